The number of nitrogens with one attached hydrogen (secondary N) is 1. The number of benzene rings is 3. The lowest BCUT2D eigenvalue weighted by molar-refractivity contribution is -0.120. The maximum atomic E-state index is 13.4. The monoisotopic (exact) mass is 737 g/mol. The van der Waals surface area contributed by atoms with E-state index in [4.69, 9.17) is 4.74 Å². The lowest BCUT2D eigenvalue weighted by Crippen LogP contribution is -2.47. The van der Waals surface area contributed by atoms with Crippen molar-refractivity contribution in [3.8, 4) is 28.3 Å². The minimum atomic E-state index is -1.72. The second kappa shape index (κ2) is 20.9. The van der Waals surface area contributed by atoms with Crippen LogP contribution in [-0.2, 0) is 4.79 Å². The van der Waals surface area contributed by atoms with Gasteiger partial charge in [-0.15, -0.1) is 24.8 Å². The Hall–Kier alpha value is -3.87. The Morgan fingerprint density at radius 2 is 1.51 bits per heavy atom. The molecule has 1 saturated heterocycles. The van der Waals surface area contributed by atoms with E-state index in [9.17, 15) is 19.6 Å². The van der Waals surface area contributed by atoms with Crippen molar-refractivity contribution in [2.24, 2.45) is 5.92 Å². The number of rotatable bonds is 16. The van der Waals surface area contributed by atoms with Crippen LogP contribution >= 0.6 is 24.8 Å². The van der Waals surface area contributed by atoms with Gasteiger partial charge >= 0.3 is 7.12 Å². The van der Waals surface area contributed by atoms with Gasteiger partial charge < -0.3 is 25.0 Å². The van der Waals surface area contributed by atoms with Gasteiger partial charge in [0, 0.05) is 43.0 Å². The summed E-state index contributed by atoms with van der Waals surface area (Å²) in [5.41, 5.74) is 4.01. The molecule has 0 saturated carbocycles. The summed E-state index contributed by atoms with van der Waals surface area (Å²) >= 11 is 0. The van der Waals surface area contributed by atoms with Crippen LogP contribution in [0.2, 0.25) is 0 Å². The number of hydrogen-bond donors (Lipinski definition) is 3. The average Bonchev–Trinajstić information content (AvgIpc) is 3.57. The minimum absolute atomic E-state index is 0. The molecule has 274 valence electrons. The number of hydrogen-bond acceptors (Lipinski definition) is 8. The second-order valence-corrected chi connectivity index (χ2v) is 13.1. The third-order valence-corrected chi connectivity index (χ3v) is 8.77. The molecular formula is C38H50BCl2N5O5. The summed E-state index contributed by atoms with van der Waals surface area (Å²) < 4.78 is 7.37. The summed E-state index contributed by atoms with van der Waals surface area (Å²) in [5.74, 6) is -1.14. The SMILES string of the molecule is CC(C)C[C@H](NC(=O)CC(=O)n1nc(-c2cccc(OCCCCCN3CCN(c4ccccc4)CC3)c2)cc1-c1ccccc1)B(O)O.Cl.Cl. The number of aromatic nitrogens is 2. The Morgan fingerprint density at radius 1 is 0.843 bits per heavy atom. The van der Waals surface area contributed by atoms with Crippen LogP contribution in [0.1, 0.15) is 50.7 Å². The molecule has 51 heavy (non-hydrogen) atoms. The number of para-hydroxylation sites is 1. The molecule has 0 bridgehead atoms. The molecule has 13 heteroatoms. The standard InChI is InChI=1S/C38H48BN5O5.2ClH/c1-29(2)25-36(39(47)48)40-37(45)28-38(46)44-35(30-13-6-3-7-14-30)27-34(41-44)31-15-12-18-33(26-31)49-24-11-5-10-19-42-20-22-43(23-21-42)32-16-8-4-9-17-32;;/h3-4,6-9,12-18,26-27,29,36,47-48H,5,10-11,19-25,28H2,1-2H3,(H,40,45);2*1H/t36-;;/m0../s1. The Bertz CT molecular complexity index is 1640. The van der Waals surface area contributed by atoms with Gasteiger partial charge in [0.2, 0.25) is 5.91 Å². The fourth-order valence-corrected chi connectivity index (χ4v) is 6.18. The van der Waals surface area contributed by atoms with Crippen molar-refractivity contribution in [1.82, 2.24) is 20.0 Å². The molecule has 1 aromatic heterocycles. The highest BCUT2D eigenvalue weighted by Gasteiger charge is 2.28. The van der Waals surface area contributed by atoms with E-state index < -0.39 is 31.3 Å². The van der Waals surface area contributed by atoms with E-state index in [0.717, 1.165) is 68.9 Å². The predicted molar refractivity (Wildman–Crippen MR) is 209 cm³/mol. The van der Waals surface area contributed by atoms with Gasteiger partial charge in [-0.1, -0.05) is 74.5 Å². The van der Waals surface area contributed by atoms with E-state index in [1.807, 2.05) is 74.5 Å². The molecule has 0 aliphatic carbocycles. The Kier molecular flexibility index (Phi) is 17.0. The number of halogens is 2. The zero-order chi connectivity index (χ0) is 34.6. The van der Waals surface area contributed by atoms with E-state index in [1.54, 1.807) is 0 Å². The van der Waals surface area contributed by atoms with Crippen LogP contribution in [-0.4, -0.2) is 88.9 Å². The molecule has 4 aromatic rings. The van der Waals surface area contributed by atoms with Gasteiger partial charge in [0.05, 0.1) is 23.9 Å². The quantitative estimate of drug-likeness (QED) is 0.0728. The first-order chi connectivity index (χ1) is 23.8. The third kappa shape index (κ3) is 12.4. The molecule has 1 amide bonds. The number of unbranched alkanes of at least 4 members (excludes halogenated alkanes) is 2. The maximum Gasteiger partial charge on any atom is 0.475 e. The molecule has 0 unspecified atom stereocenters. The fourth-order valence-electron chi connectivity index (χ4n) is 6.18. The van der Waals surface area contributed by atoms with Gasteiger partial charge in [-0.05, 0) is 68.5 Å². The highest BCUT2D eigenvalue weighted by Crippen LogP contribution is 2.29. The number of nitrogens with zero attached hydrogens (tertiary/aromatic N) is 4. The largest absolute Gasteiger partial charge is 0.494 e. The summed E-state index contributed by atoms with van der Waals surface area (Å²) in [4.78, 5) is 31.2. The molecule has 1 aliphatic rings. The zero-order valence-electron chi connectivity index (χ0n) is 29.4. The van der Waals surface area contributed by atoms with E-state index in [2.05, 4.69) is 50.5 Å². The molecule has 3 aromatic carbocycles. The van der Waals surface area contributed by atoms with Crippen molar-refractivity contribution in [3.63, 3.8) is 0 Å². The topological polar surface area (TPSA) is 120 Å². The highest BCUT2D eigenvalue weighted by atomic mass is 35.5. The first kappa shape index (κ1) is 41.6. The lowest BCUT2D eigenvalue weighted by Gasteiger charge is -2.36. The van der Waals surface area contributed by atoms with Gasteiger partial charge in [-0.25, -0.2) is 0 Å². The van der Waals surface area contributed by atoms with Crippen molar-refractivity contribution in [1.29, 1.82) is 0 Å². The molecule has 10 nitrogen and oxygen atoms in total. The first-order valence-corrected chi connectivity index (χ1v) is 17.4. The van der Waals surface area contributed by atoms with Gasteiger partial charge in [0.15, 0.2) is 0 Å². The lowest BCUT2D eigenvalue weighted by atomic mass is 9.75. The van der Waals surface area contributed by atoms with Crippen molar-refractivity contribution < 1.29 is 24.4 Å². The summed E-state index contributed by atoms with van der Waals surface area (Å²) in [6, 6.07) is 29.5. The maximum absolute atomic E-state index is 13.4. The van der Waals surface area contributed by atoms with Gasteiger partial charge in [-0.2, -0.15) is 9.78 Å². The van der Waals surface area contributed by atoms with Gasteiger partial charge in [-0.3, -0.25) is 14.5 Å². The molecule has 0 radical (unpaired) electrons. The molecule has 5 rings (SSSR count). The molecule has 0 spiro atoms. The Balaban J connectivity index is 0.00000351. The van der Waals surface area contributed by atoms with Crippen molar-refractivity contribution in [2.75, 3.05) is 44.2 Å². The van der Waals surface area contributed by atoms with Crippen molar-refractivity contribution >= 4 is 49.4 Å². The fraction of sp³-hybridized carbons (Fsp3) is 0.395. The molecule has 1 atom stereocenters. The van der Waals surface area contributed by atoms with Crippen LogP contribution in [0.15, 0.2) is 91.0 Å². The van der Waals surface area contributed by atoms with Crippen LogP contribution in [0.4, 0.5) is 5.69 Å². The van der Waals surface area contributed by atoms with E-state index in [1.165, 1.54) is 10.4 Å². The summed E-state index contributed by atoms with van der Waals surface area (Å²) in [7, 11) is -1.72. The van der Waals surface area contributed by atoms with Crippen LogP contribution in [0.25, 0.3) is 22.5 Å². The molecule has 1 fully saturated rings. The van der Waals surface area contributed by atoms with Crippen molar-refractivity contribution in [2.45, 2.75) is 51.9 Å². The van der Waals surface area contributed by atoms with E-state index in [0.29, 0.717) is 24.4 Å². The highest BCUT2D eigenvalue weighted by molar-refractivity contribution is 6.43. The molecule has 1 aliphatic heterocycles. The number of carbonyl (C=O) groups excluding carboxylic acids is 2. The number of carbonyl (C=O) groups is 2. The zero-order valence-corrected chi connectivity index (χ0v) is 31.0. The Labute approximate surface area is 314 Å². The smallest absolute Gasteiger partial charge is 0.475 e. The predicted octanol–water partition coefficient (Wildman–Crippen LogP) is 6.01. The normalized spacial score (nSPS) is 13.5. The van der Waals surface area contributed by atoms with Crippen LogP contribution < -0.4 is 15.0 Å². The Morgan fingerprint density at radius 3 is 2.18 bits per heavy atom. The third-order valence-electron chi connectivity index (χ3n) is 8.77. The molecule has 2 heterocycles. The van der Waals surface area contributed by atoms with Crippen LogP contribution in [0, 0.1) is 5.92 Å². The van der Waals surface area contributed by atoms with Crippen LogP contribution in [0.3, 0.4) is 0 Å². The molecule has 3 N–H and O–H groups in total. The number of piperazine rings is 1. The summed E-state index contributed by atoms with van der Waals surface area (Å²) in [5, 5.41) is 26.6. The number of anilines is 1. The summed E-state index contributed by atoms with van der Waals surface area (Å²) in [6.07, 6.45) is 3.07. The van der Waals surface area contributed by atoms with E-state index >= 15 is 0 Å². The minimum Gasteiger partial charge on any atom is -0.494 e. The second-order valence-electron chi connectivity index (χ2n) is 13.1. The number of ether oxygens (including phenoxy) is 1. The van der Waals surface area contributed by atoms with Gasteiger partial charge in [0.1, 0.15) is 12.2 Å². The first-order valence-electron chi connectivity index (χ1n) is 17.4. The van der Waals surface area contributed by atoms with Crippen LogP contribution in [0.5, 0.6) is 5.75 Å². The van der Waals surface area contributed by atoms with E-state index in [-0.39, 0.29) is 30.7 Å². The van der Waals surface area contributed by atoms with Gasteiger partial charge in [0.25, 0.3) is 5.91 Å². The average molecular weight is 739 g/mol. The molecular weight excluding hydrogens is 688 g/mol. The summed E-state index contributed by atoms with van der Waals surface area (Å²) in [6.45, 7) is 9.85. The van der Waals surface area contributed by atoms with Crippen molar-refractivity contribution in [3.05, 3.63) is 91.0 Å². The number of amides is 1.